The van der Waals surface area contributed by atoms with Crippen LogP contribution in [0, 0.1) is 3.57 Å². The van der Waals surface area contributed by atoms with Crippen molar-refractivity contribution in [3.05, 3.63) is 92.9 Å². The van der Waals surface area contributed by atoms with Crippen molar-refractivity contribution < 1.29 is 19.4 Å². The van der Waals surface area contributed by atoms with E-state index in [-0.39, 0.29) is 23.3 Å². The first-order valence-electron chi connectivity index (χ1n) is 9.67. The molecule has 2 unspecified atom stereocenters. The number of carbonyl (C=O) groups excluding carboxylic acids is 1. The molecule has 2 atom stereocenters. The Morgan fingerprint density at radius 1 is 1.26 bits per heavy atom. The standard InChI is InChI=1S/C23H19IN2O4S/c24-16-8-6-15(7-9-16)20-11-10-17(30-20)13-18-21(27)26(23(31)25-18)19(22(28)29)12-14-4-2-1-3-5-14/h1-10,13,19-20H,11-12H2,(H,25,31)(H,28,29)/b18-13+. The number of amides is 1. The van der Waals surface area contributed by atoms with E-state index < -0.39 is 17.9 Å². The van der Waals surface area contributed by atoms with Crippen molar-refractivity contribution in [1.82, 2.24) is 10.2 Å². The maximum Gasteiger partial charge on any atom is 0.327 e. The molecule has 8 heteroatoms. The first-order valence-corrected chi connectivity index (χ1v) is 11.2. The van der Waals surface area contributed by atoms with E-state index in [0.717, 1.165) is 19.6 Å². The average molecular weight is 546 g/mol. The van der Waals surface area contributed by atoms with Gasteiger partial charge < -0.3 is 15.2 Å². The summed E-state index contributed by atoms with van der Waals surface area (Å²) >= 11 is 7.54. The van der Waals surface area contributed by atoms with Gasteiger partial charge >= 0.3 is 5.97 Å². The van der Waals surface area contributed by atoms with E-state index in [1.54, 1.807) is 6.08 Å². The molecule has 6 nitrogen and oxygen atoms in total. The van der Waals surface area contributed by atoms with Crippen LogP contribution in [0.1, 0.15) is 23.7 Å². The Balaban J connectivity index is 1.49. The summed E-state index contributed by atoms with van der Waals surface area (Å²) in [6, 6.07) is 16.1. The minimum atomic E-state index is -1.11. The van der Waals surface area contributed by atoms with Crippen molar-refractivity contribution in [2.24, 2.45) is 0 Å². The minimum Gasteiger partial charge on any atom is -0.486 e. The number of hydrogen-bond donors (Lipinski definition) is 2. The number of rotatable bonds is 6. The van der Waals surface area contributed by atoms with E-state index in [0.29, 0.717) is 12.2 Å². The van der Waals surface area contributed by atoms with Crippen molar-refractivity contribution in [2.45, 2.75) is 25.0 Å². The molecule has 2 heterocycles. The van der Waals surface area contributed by atoms with Gasteiger partial charge in [-0.25, -0.2) is 4.79 Å². The van der Waals surface area contributed by atoms with E-state index in [1.807, 2.05) is 60.7 Å². The van der Waals surface area contributed by atoms with Gasteiger partial charge in [0, 0.05) is 22.5 Å². The summed E-state index contributed by atoms with van der Waals surface area (Å²) in [6.45, 7) is 0. The Morgan fingerprint density at radius 2 is 1.97 bits per heavy atom. The van der Waals surface area contributed by atoms with Crippen molar-refractivity contribution in [3.8, 4) is 0 Å². The molecule has 2 aromatic rings. The Labute approximate surface area is 198 Å². The number of aliphatic carboxylic acids is 1. The second-order valence-corrected chi connectivity index (χ2v) is 8.84. The van der Waals surface area contributed by atoms with Crippen LogP contribution in [0.25, 0.3) is 0 Å². The summed E-state index contributed by atoms with van der Waals surface area (Å²) in [7, 11) is 0. The molecule has 0 spiro atoms. The Hall–Kier alpha value is -2.72. The van der Waals surface area contributed by atoms with Crippen molar-refractivity contribution in [2.75, 3.05) is 0 Å². The van der Waals surface area contributed by atoms with Crippen LogP contribution in [0.3, 0.4) is 0 Å². The molecule has 0 saturated carbocycles. The zero-order chi connectivity index (χ0) is 22.0. The summed E-state index contributed by atoms with van der Waals surface area (Å²) in [5, 5.41) is 12.7. The Kier molecular flexibility index (Phi) is 6.38. The van der Waals surface area contributed by atoms with Gasteiger partial charge in [0.25, 0.3) is 5.91 Å². The van der Waals surface area contributed by atoms with Crippen molar-refractivity contribution in [1.29, 1.82) is 0 Å². The van der Waals surface area contributed by atoms with E-state index in [9.17, 15) is 14.7 Å². The zero-order valence-corrected chi connectivity index (χ0v) is 19.3. The molecule has 2 aromatic carbocycles. The lowest BCUT2D eigenvalue weighted by atomic mass is 10.0. The van der Waals surface area contributed by atoms with Crippen LogP contribution >= 0.6 is 34.8 Å². The fourth-order valence-corrected chi connectivity index (χ4v) is 4.24. The summed E-state index contributed by atoms with van der Waals surface area (Å²) in [6.07, 6.45) is 4.23. The lowest BCUT2D eigenvalue weighted by Gasteiger charge is -2.22. The summed E-state index contributed by atoms with van der Waals surface area (Å²) in [5.74, 6) is -1.03. The van der Waals surface area contributed by atoms with Crippen LogP contribution in [-0.2, 0) is 20.7 Å². The molecule has 2 N–H and O–H groups in total. The molecule has 1 amide bonds. The molecule has 1 fully saturated rings. The number of carboxylic acids is 1. The molecule has 0 aromatic heterocycles. The summed E-state index contributed by atoms with van der Waals surface area (Å²) in [4.78, 5) is 26.0. The highest BCUT2D eigenvalue weighted by atomic mass is 127. The molecule has 31 heavy (non-hydrogen) atoms. The normalized spacial score (nSPS) is 20.4. The highest BCUT2D eigenvalue weighted by Gasteiger charge is 2.40. The van der Waals surface area contributed by atoms with E-state index in [2.05, 4.69) is 27.9 Å². The molecular formula is C23H19IN2O4S. The van der Waals surface area contributed by atoms with Gasteiger partial charge in [-0.3, -0.25) is 9.69 Å². The van der Waals surface area contributed by atoms with E-state index >= 15 is 0 Å². The van der Waals surface area contributed by atoms with E-state index in [1.165, 1.54) is 0 Å². The predicted molar refractivity (Wildman–Crippen MR) is 128 cm³/mol. The zero-order valence-electron chi connectivity index (χ0n) is 16.3. The van der Waals surface area contributed by atoms with Gasteiger partial charge in [-0.05, 0) is 64.1 Å². The number of ether oxygens (including phenoxy) is 1. The predicted octanol–water partition coefficient (Wildman–Crippen LogP) is 3.93. The third kappa shape index (κ3) is 4.80. The van der Waals surface area contributed by atoms with Crippen molar-refractivity contribution in [3.63, 3.8) is 0 Å². The molecule has 2 aliphatic rings. The Morgan fingerprint density at radius 3 is 2.65 bits per heavy atom. The molecule has 0 radical (unpaired) electrons. The topological polar surface area (TPSA) is 78.9 Å². The van der Waals surface area contributed by atoms with Gasteiger partial charge in [0.15, 0.2) is 5.11 Å². The van der Waals surface area contributed by atoms with Crippen LogP contribution in [0.4, 0.5) is 0 Å². The number of carboxylic acid groups (broad SMARTS) is 1. The molecule has 1 saturated heterocycles. The lowest BCUT2D eigenvalue weighted by molar-refractivity contribution is -0.145. The molecule has 2 aliphatic heterocycles. The van der Waals surface area contributed by atoms with Crippen molar-refractivity contribution >= 4 is 51.8 Å². The van der Waals surface area contributed by atoms with Gasteiger partial charge in [-0.2, -0.15) is 0 Å². The number of carbonyl (C=O) groups is 2. The third-order valence-corrected chi connectivity index (χ3v) is 6.14. The highest BCUT2D eigenvalue weighted by molar-refractivity contribution is 14.1. The SMILES string of the molecule is O=C(O)C(Cc1ccccc1)N1C(=O)/C(=C\C2=CCC(c3ccc(I)cc3)O2)NC1=S. The number of nitrogens with zero attached hydrogens (tertiary/aromatic N) is 1. The summed E-state index contributed by atoms with van der Waals surface area (Å²) in [5.41, 5.74) is 2.07. The number of benzene rings is 2. The fourth-order valence-electron chi connectivity index (χ4n) is 3.56. The van der Waals surface area contributed by atoms with Crippen LogP contribution in [0.5, 0.6) is 0 Å². The van der Waals surface area contributed by atoms with Gasteiger partial charge in [0.1, 0.15) is 23.6 Å². The molecule has 0 aliphatic carbocycles. The summed E-state index contributed by atoms with van der Waals surface area (Å²) < 4.78 is 7.13. The average Bonchev–Trinajstić information content (AvgIpc) is 3.32. The van der Waals surface area contributed by atoms with Gasteiger partial charge in [-0.15, -0.1) is 0 Å². The van der Waals surface area contributed by atoms with Gasteiger partial charge in [-0.1, -0.05) is 42.5 Å². The van der Waals surface area contributed by atoms with Crippen LogP contribution < -0.4 is 5.32 Å². The van der Waals surface area contributed by atoms with Crippen LogP contribution in [0.2, 0.25) is 0 Å². The van der Waals surface area contributed by atoms with Gasteiger partial charge in [0.2, 0.25) is 0 Å². The van der Waals surface area contributed by atoms with E-state index in [4.69, 9.17) is 17.0 Å². The highest BCUT2D eigenvalue weighted by Crippen LogP contribution is 2.32. The third-order valence-electron chi connectivity index (χ3n) is 5.12. The molecular weight excluding hydrogens is 527 g/mol. The lowest BCUT2D eigenvalue weighted by Crippen LogP contribution is -2.46. The quantitative estimate of drug-likeness (QED) is 0.325. The monoisotopic (exact) mass is 546 g/mol. The van der Waals surface area contributed by atoms with Crippen LogP contribution in [-0.4, -0.2) is 33.0 Å². The minimum absolute atomic E-state index is 0.0763. The first-order chi connectivity index (χ1) is 14.9. The molecule has 4 rings (SSSR count). The smallest absolute Gasteiger partial charge is 0.327 e. The molecule has 0 bridgehead atoms. The maximum absolute atomic E-state index is 13.0. The number of hydrogen-bond acceptors (Lipinski definition) is 4. The van der Waals surface area contributed by atoms with Gasteiger partial charge in [0.05, 0.1) is 0 Å². The number of nitrogens with one attached hydrogen (secondary N) is 1. The second-order valence-electron chi connectivity index (χ2n) is 7.21. The number of thiocarbonyl (C=S) groups is 1. The second kappa shape index (κ2) is 9.19. The maximum atomic E-state index is 13.0. The van der Waals surface area contributed by atoms with Crippen LogP contribution in [0.15, 0.2) is 78.2 Å². The largest absolute Gasteiger partial charge is 0.486 e. The number of halogens is 1. The Bertz CT molecular complexity index is 1080. The fraction of sp³-hybridized carbons (Fsp3) is 0.174. The first kappa shape index (κ1) is 21.5. The number of allylic oxidation sites excluding steroid dienone is 1. The molecule has 158 valence electrons.